The number of hydrogen-bond acceptors (Lipinski definition) is 2. The monoisotopic (exact) mass is 158 g/mol. The van der Waals surface area contributed by atoms with E-state index in [4.69, 9.17) is 10.2 Å². The Labute approximate surface area is 68.2 Å². The van der Waals surface area contributed by atoms with Crippen LogP contribution in [0.15, 0.2) is 0 Å². The molecule has 0 amide bonds. The summed E-state index contributed by atoms with van der Waals surface area (Å²) in [6, 6.07) is 0. The first-order valence-electron chi connectivity index (χ1n) is 4.55. The summed E-state index contributed by atoms with van der Waals surface area (Å²) in [4.78, 5) is 0. The molecule has 2 N–H and O–H groups in total. The Bertz CT molecular complexity index is 98.1. The van der Waals surface area contributed by atoms with Crippen LogP contribution in [0.5, 0.6) is 0 Å². The van der Waals surface area contributed by atoms with Crippen molar-refractivity contribution in [3.05, 3.63) is 0 Å². The normalized spacial score (nSPS) is 22.4. The summed E-state index contributed by atoms with van der Waals surface area (Å²) in [5, 5.41) is 17.7. The third kappa shape index (κ3) is 2.17. The molecule has 1 rings (SSSR count). The molecule has 0 aromatic heterocycles. The second-order valence-corrected chi connectivity index (χ2v) is 3.65. The van der Waals surface area contributed by atoms with Crippen LogP contribution in [0.3, 0.4) is 0 Å². The number of hydrogen-bond donors (Lipinski definition) is 2. The van der Waals surface area contributed by atoms with Crippen LogP contribution in [-0.2, 0) is 0 Å². The molecule has 0 spiro atoms. The van der Waals surface area contributed by atoms with Crippen molar-refractivity contribution < 1.29 is 10.2 Å². The third-order valence-corrected chi connectivity index (χ3v) is 2.95. The van der Waals surface area contributed by atoms with Gasteiger partial charge in [-0.2, -0.15) is 0 Å². The first kappa shape index (κ1) is 9.01. The van der Waals surface area contributed by atoms with Crippen LogP contribution in [0.4, 0.5) is 0 Å². The zero-order valence-electron chi connectivity index (χ0n) is 7.05. The van der Waals surface area contributed by atoms with Gasteiger partial charge in [0.2, 0.25) is 0 Å². The van der Waals surface area contributed by atoms with Gasteiger partial charge < -0.3 is 10.2 Å². The van der Waals surface area contributed by atoms with Crippen LogP contribution in [0.25, 0.3) is 0 Å². The van der Waals surface area contributed by atoms with Gasteiger partial charge in [-0.05, 0) is 31.1 Å². The maximum Gasteiger partial charge on any atom is 0.0436 e. The SMILES string of the molecule is OCCC1(CCO)CCCC1. The Kier molecular flexibility index (Phi) is 3.34. The molecule has 0 radical (unpaired) electrons. The van der Waals surface area contributed by atoms with Gasteiger partial charge in [0.1, 0.15) is 0 Å². The predicted octanol–water partition coefficient (Wildman–Crippen LogP) is 1.31. The van der Waals surface area contributed by atoms with E-state index >= 15 is 0 Å². The molecule has 2 nitrogen and oxygen atoms in total. The van der Waals surface area contributed by atoms with E-state index in [0.717, 1.165) is 12.8 Å². The summed E-state index contributed by atoms with van der Waals surface area (Å²) < 4.78 is 0. The van der Waals surface area contributed by atoms with Gasteiger partial charge in [-0.25, -0.2) is 0 Å². The molecule has 0 heterocycles. The van der Waals surface area contributed by atoms with Crippen LogP contribution in [0.1, 0.15) is 38.5 Å². The van der Waals surface area contributed by atoms with Gasteiger partial charge in [0.05, 0.1) is 0 Å². The Morgan fingerprint density at radius 1 is 0.909 bits per heavy atom. The second-order valence-electron chi connectivity index (χ2n) is 3.65. The minimum absolute atomic E-state index is 0.278. The second kappa shape index (κ2) is 4.07. The average Bonchev–Trinajstić information content (AvgIpc) is 2.39. The lowest BCUT2D eigenvalue weighted by molar-refractivity contribution is 0.138. The van der Waals surface area contributed by atoms with Gasteiger partial charge in [0.15, 0.2) is 0 Å². The summed E-state index contributed by atoms with van der Waals surface area (Å²) in [7, 11) is 0. The van der Waals surface area contributed by atoms with Crippen molar-refractivity contribution in [1.29, 1.82) is 0 Å². The Morgan fingerprint density at radius 3 is 1.73 bits per heavy atom. The molecule has 1 aliphatic carbocycles. The van der Waals surface area contributed by atoms with Crippen LogP contribution in [0, 0.1) is 5.41 Å². The molecule has 11 heavy (non-hydrogen) atoms. The van der Waals surface area contributed by atoms with Gasteiger partial charge in [-0.3, -0.25) is 0 Å². The first-order valence-corrected chi connectivity index (χ1v) is 4.55. The molecule has 1 aliphatic rings. The maximum atomic E-state index is 8.84. The molecular formula is C9H18O2. The fourth-order valence-corrected chi connectivity index (χ4v) is 2.22. The van der Waals surface area contributed by atoms with E-state index in [-0.39, 0.29) is 13.2 Å². The highest BCUT2D eigenvalue weighted by atomic mass is 16.3. The molecule has 1 fully saturated rings. The van der Waals surface area contributed by atoms with Gasteiger partial charge in [0, 0.05) is 13.2 Å². The van der Waals surface area contributed by atoms with E-state index in [9.17, 15) is 0 Å². The Morgan fingerprint density at radius 2 is 1.36 bits per heavy atom. The number of aliphatic hydroxyl groups excluding tert-OH is 2. The quantitative estimate of drug-likeness (QED) is 0.647. The molecule has 1 saturated carbocycles. The minimum Gasteiger partial charge on any atom is -0.396 e. The molecular weight excluding hydrogens is 140 g/mol. The van der Waals surface area contributed by atoms with Crippen molar-refractivity contribution in [3.63, 3.8) is 0 Å². The molecule has 0 aromatic carbocycles. The van der Waals surface area contributed by atoms with Crippen molar-refractivity contribution in [2.24, 2.45) is 5.41 Å². The van der Waals surface area contributed by atoms with E-state index in [1.165, 1.54) is 25.7 Å². The lowest BCUT2D eigenvalue weighted by Gasteiger charge is -2.26. The van der Waals surface area contributed by atoms with E-state index in [1.807, 2.05) is 0 Å². The van der Waals surface area contributed by atoms with E-state index in [2.05, 4.69) is 0 Å². The summed E-state index contributed by atoms with van der Waals surface area (Å²) in [6.07, 6.45) is 6.73. The molecule has 0 saturated heterocycles. The van der Waals surface area contributed by atoms with Gasteiger partial charge >= 0.3 is 0 Å². The topological polar surface area (TPSA) is 40.5 Å². The van der Waals surface area contributed by atoms with Gasteiger partial charge in [0.25, 0.3) is 0 Å². The fourth-order valence-electron chi connectivity index (χ4n) is 2.22. The van der Waals surface area contributed by atoms with Crippen molar-refractivity contribution >= 4 is 0 Å². The molecule has 2 heteroatoms. The minimum atomic E-state index is 0.278. The van der Waals surface area contributed by atoms with Crippen molar-refractivity contribution in [3.8, 4) is 0 Å². The summed E-state index contributed by atoms with van der Waals surface area (Å²) in [5.41, 5.74) is 0.295. The molecule has 0 aliphatic heterocycles. The molecule has 66 valence electrons. The molecule has 0 unspecified atom stereocenters. The van der Waals surface area contributed by atoms with E-state index < -0.39 is 0 Å². The number of aliphatic hydroxyl groups is 2. The van der Waals surface area contributed by atoms with Gasteiger partial charge in [-0.1, -0.05) is 12.8 Å². The Balaban J connectivity index is 2.40. The highest BCUT2D eigenvalue weighted by Gasteiger charge is 2.32. The average molecular weight is 158 g/mol. The summed E-state index contributed by atoms with van der Waals surface area (Å²) >= 11 is 0. The predicted molar refractivity (Wildman–Crippen MR) is 44.3 cm³/mol. The fraction of sp³-hybridized carbons (Fsp3) is 1.00. The zero-order chi connectivity index (χ0) is 8.16. The lowest BCUT2D eigenvalue weighted by Crippen LogP contribution is -2.19. The zero-order valence-corrected chi connectivity index (χ0v) is 7.05. The molecule has 0 aromatic rings. The van der Waals surface area contributed by atoms with E-state index in [1.54, 1.807) is 0 Å². The van der Waals surface area contributed by atoms with E-state index in [0.29, 0.717) is 5.41 Å². The summed E-state index contributed by atoms with van der Waals surface area (Å²) in [5.74, 6) is 0. The summed E-state index contributed by atoms with van der Waals surface area (Å²) in [6.45, 7) is 0.556. The number of rotatable bonds is 4. The van der Waals surface area contributed by atoms with Crippen LogP contribution in [0.2, 0.25) is 0 Å². The lowest BCUT2D eigenvalue weighted by atomic mass is 9.80. The standard InChI is InChI=1S/C9H18O2/c10-7-5-9(6-8-11)3-1-2-4-9/h10-11H,1-8H2. The van der Waals surface area contributed by atoms with Crippen molar-refractivity contribution in [2.45, 2.75) is 38.5 Å². The largest absolute Gasteiger partial charge is 0.396 e. The molecule has 0 bridgehead atoms. The van der Waals surface area contributed by atoms with Crippen molar-refractivity contribution in [2.75, 3.05) is 13.2 Å². The maximum absolute atomic E-state index is 8.84. The third-order valence-electron chi connectivity index (χ3n) is 2.95. The first-order chi connectivity index (χ1) is 5.33. The van der Waals surface area contributed by atoms with Crippen LogP contribution >= 0.6 is 0 Å². The van der Waals surface area contributed by atoms with Crippen molar-refractivity contribution in [1.82, 2.24) is 0 Å². The Hall–Kier alpha value is -0.0800. The molecule has 0 atom stereocenters. The van der Waals surface area contributed by atoms with Gasteiger partial charge in [-0.15, -0.1) is 0 Å². The van der Waals surface area contributed by atoms with Crippen LogP contribution < -0.4 is 0 Å². The van der Waals surface area contributed by atoms with Crippen LogP contribution in [-0.4, -0.2) is 23.4 Å². The highest BCUT2D eigenvalue weighted by Crippen LogP contribution is 2.43. The highest BCUT2D eigenvalue weighted by molar-refractivity contribution is 4.83. The smallest absolute Gasteiger partial charge is 0.0436 e.